The largest absolute Gasteiger partial charge is 0.497 e. The molecule has 27 heavy (non-hydrogen) atoms. The van der Waals surface area contributed by atoms with E-state index in [0.717, 1.165) is 50.2 Å². The lowest BCUT2D eigenvalue weighted by Gasteiger charge is -2.11. The first-order valence-corrected chi connectivity index (χ1v) is 9.37. The van der Waals surface area contributed by atoms with Crippen LogP contribution in [0.4, 0.5) is 11.5 Å². The molecule has 0 saturated carbocycles. The van der Waals surface area contributed by atoms with Crippen molar-refractivity contribution in [3.63, 3.8) is 0 Å². The smallest absolute Gasteiger partial charge is 0.143 e. The van der Waals surface area contributed by atoms with Crippen molar-refractivity contribution in [2.45, 2.75) is 6.92 Å². The van der Waals surface area contributed by atoms with Crippen molar-refractivity contribution < 1.29 is 9.47 Å². The molecule has 0 spiro atoms. The van der Waals surface area contributed by atoms with E-state index >= 15 is 0 Å². The van der Waals surface area contributed by atoms with Crippen LogP contribution in [0.15, 0.2) is 53.9 Å². The molecule has 0 aliphatic heterocycles. The van der Waals surface area contributed by atoms with Crippen LogP contribution in [0.5, 0.6) is 11.5 Å². The van der Waals surface area contributed by atoms with Crippen LogP contribution >= 0.6 is 11.3 Å². The number of aromatic nitrogens is 2. The summed E-state index contributed by atoms with van der Waals surface area (Å²) >= 11 is 1.62. The third-order valence-corrected chi connectivity index (χ3v) is 5.15. The number of thiophene rings is 1. The highest BCUT2D eigenvalue weighted by molar-refractivity contribution is 7.17. The summed E-state index contributed by atoms with van der Waals surface area (Å²) < 4.78 is 10.6. The molecule has 0 atom stereocenters. The van der Waals surface area contributed by atoms with Crippen LogP contribution in [0.1, 0.15) is 5.82 Å². The molecular weight excluding hydrogens is 358 g/mol. The van der Waals surface area contributed by atoms with Gasteiger partial charge < -0.3 is 14.8 Å². The molecule has 136 valence electrons. The fraction of sp³-hybridized carbons (Fsp3) is 0.143. The van der Waals surface area contributed by atoms with Crippen molar-refractivity contribution in [2.24, 2.45) is 0 Å². The summed E-state index contributed by atoms with van der Waals surface area (Å²) in [5.74, 6) is 3.15. The van der Waals surface area contributed by atoms with Gasteiger partial charge in [-0.3, -0.25) is 0 Å². The normalized spacial score (nSPS) is 10.8. The van der Waals surface area contributed by atoms with E-state index in [0.29, 0.717) is 0 Å². The zero-order chi connectivity index (χ0) is 18.8. The lowest BCUT2D eigenvalue weighted by Crippen LogP contribution is -1.98. The molecule has 0 saturated heterocycles. The van der Waals surface area contributed by atoms with Gasteiger partial charge in [0.25, 0.3) is 0 Å². The summed E-state index contributed by atoms with van der Waals surface area (Å²) in [4.78, 5) is 10.2. The summed E-state index contributed by atoms with van der Waals surface area (Å²) in [5, 5.41) is 6.57. The molecule has 2 aromatic heterocycles. The molecule has 1 N–H and O–H groups in total. The van der Waals surface area contributed by atoms with Crippen LogP contribution in [0.25, 0.3) is 21.3 Å². The van der Waals surface area contributed by atoms with E-state index in [1.54, 1.807) is 25.6 Å². The van der Waals surface area contributed by atoms with Crippen molar-refractivity contribution in [3.8, 4) is 22.6 Å². The maximum Gasteiger partial charge on any atom is 0.143 e. The van der Waals surface area contributed by atoms with Gasteiger partial charge in [-0.25, -0.2) is 9.97 Å². The molecule has 0 unspecified atom stereocenters. The molecule has 0 amide bonds. The number of nitrogens with one attached hydrogen (secondary N) is 1. The predicted molar refractivity (Wildman–Crippen MR) is 110 cm³/mol. The van der Waals surface area contributed by atoms with Crippen molar-refractivity contribution in [1.29, 1.82) is 0 Å². The minimum absolute atomic E-state index is 0.732. The zero-order valence-corrected chi connectivity index (χ0v) is 16.1. The Morgan fingerprint density at radius 2 is 1.70 bits per heavy atom. The topological polar surface area (TPSA) is 56.3 Å². The molecule has 5 nitrogen and oxygen atoms in total. The molecule has 4 aromatic rings. The third-order valence-electron chi connectivity index (χ3n) is 4.28. The summed E-state index contributed by atoms with van der Waals surface area (Å²) in [7, 11) is 3.33. The lowest BCUT2D eigenvalue weighted by atomic mass is 10.1. The number of hydrogen-bond donors (Lipinski definition) is 1. The monoisotopic (exact) mass is 377 g/mol. The Kier molecular flexibility index (Phi) is 4.64. The van der Waals surface area contributed by atoms with Gasteiger partial charge in [0.2, 0.25) is 0 Å². The summed E-state index contributed by atoms with van der Waals surface area (Å²) in [5.41, 5.74) is 3.12. The molecular formula is C21H19N3O2S. The van der Waals surface area contributed by atoms with Gasteiger partial charge in [0.1, 0.15) is 28.0 Å². The van der Waals surface area contributed by atoms with Crippen LogP contribution in [-0.2, 0) is 0 Å². The van der Waals surface area contributed by atoms with E-state index in [-0.39, 0.29) is 0 Å². The van der Waals surface area contributed by atoms with Gasteiger partial charge in [-0.05, 0) is 36.8 Å². The molecule has 6 heteroatoms. The standard InChI is InChI=1S/C21H19N3O2S/c1-13-22-20(24-15-5-4-6-17(11-15)26-3)19-18(12-27-21(19)23-13)14-7-9-16(25-2)10-8-14/h4-12H,1-3H3,(H,22,23,24). The van der Waals surface area contributed by atoms with Gasteiger partial charge in [-0.15, -0.1) is 11.3 Å². The fourth-order valence-corrected chi connectivity index (χ4v) is 3.95. The first-order valence-electron chi connectivity index (χ1n) is 8.49. The minimum Gasteiger partial charge on any atom is -0.497 e. The van der Waals surface area contributed by atoms with Crippen molar-refractivity contribution in [2.75, 3.05) is 19.5 Å². The number of aryl methyl sites for hydroxylation is 1. The van der Waals surface area contributed by atoms with Crippen molar-refractivity contribution in [3.05, 3.63) is 59.7 Å². The lowest BCUT2D eigenvalue weighted by molar-refractivity contribution is 0.415. The first-order chi connectivity index (χ1) is 13.2. The molecule has 0 aliphatic carbocycles. The number of anilines is 2. The molecule has 0 bridgehead atoms. The van der Waals surface area contributed by atoms with Gasteiger partial charge in [0.15, 0.2) is 0 Å². The van der Waals surface area contributed by atoms with Crippen LogP contribution in [0.3, 0.4) is 0 Å². The van der Waals surface area contributed by atoms with Crippen LogP contribution in [0.2, 0.25) is 0 Å². The Balaban J connectivity index is 1.82. The number of ether oxygens (including phenoxy) is 2. The molecule has 0 fully saturated rings. The second-order valence-corrected chi connectivity index (χ2v) is 6.89. The number of fused-ring (bicyclic) bond motifs is 1. The van der Waals surface area contributed by atoms with E-state index in [4.69, 9.17) is 9.47 Å². The summed E-state index contributed by atoms with van der Waals surface area (Å²) in [6, 6.07) is 15.8. The second kappa shape index (κ2) is 7.25. The quantitative estimate of drug-likeness (QED) is 0.503. The minimum atomic E-state index is 0.732. The zero-order valence-electron chi connectivity index (χ0n) is 15.3. The number of hydrogen-bond acceptors (Lipinski definition) is 6. The fourth-order valence-electron chi connectivity index (χ4n) is 2.96. The van der Waals surface area contributed by atoms with Gasteiger partial charge in [-0.1, -0.05) is 18.2 Å². The number of nitrogens with zero attached hydrogens (tertiary/aromatic N) is 2. The highest BCUT2D eigenvalue weighted by Gasteiger charge is 2.15. The number of rotatable bonds is 5. The Morgan fingerprint density at radius 1 is 0.926 bits per heavy atom. The molecule has 0 radical (unpaired) electrons. The molecule has 2 aromatic carbocycles. The van der Waals surface area contributed by atoms with Gasteiger partial charge >= 0.3 is 0 Å². The Hall–Kier alpha value is -3.12. The van der Waals surface area contributed by atoms with Crippen LogP contribution < -0.4 is 14.8 Å². The predicted octanol–water partition coefficient (Wildman–Crippen LogP) is 5.43. The maximum absolute atomic E-state index is 5.32. The molecule has 2 heterocycles. The highest BCUT2D eigenvalue weighted by atomic mass is 32.1. The van der Waals surface area contributed by atoms with Gasteiger partial charge in [0, 0.05) is 22.7 Å². The van der Waals surface area contributed by atoms with Crippen LogP contribution in [0, 0.1) is 6.92 Å². The molecule has 0 aliphatic rings. The summed E-state index contributed by atoms with van der Waals surface area (Å²) in [6.07, 6.45) is 0. The Bertz CT molecular complexity index is 1090. The van der Waals surface area contributed by atoms with Crippen molar-refractivity contribution in [1.82, 2.24) is 9.97 Å². The van der Waals surface area contributed by atoms with Gasteiger partial charge in [0.05, 0.1) is 19.6 Å². The SMILES string of the molecule is COc1ccc(-c2csc3nc(C)nc(Nc4cccc(OC)c4)c23)cc1. The van der Waals surface area contributed by atoms with E-state index in [2.05, 4.69) is 32.8 Å². The number of benzene rings is 2. The maximum atomic E-state index is 5.32. The average Bonchev–Trinajstić information content (AvgIpc) is 3.12. The second-order valence-electron chi connectivity index (χ2n) is 6.03. The molecule has 4 rings (SSSR count). The average molecular weight is 377 g/mol. The Morgan fingerprint density at radius 3 is 2.44 bits per heavy atom. The van der Waals surface area contributed by atoms with E-state index in [1.807, 2.05) is 43.3 Å². The third kappa shape index (κ3) is 3.44. The van der Waals surface area contributed by atoms with E-state index < -0.39 is 0 Å². The first kappa shape index (κ1) is 17.3. The van der Waals surface area contributed by atoms with E-state index in [9.17, 15) is 0 Å². The van der Waals surface area contributed by atoms with Gasteiger partial charge in [-0.2, -0.15) is 0 Å². The Labute approximate surface area is 161 Å². The number of methoxy groups -OCH3 is 2. The summed E-state index contributed by atoms with van der Waals surface area (Å²) in [6.45, 7) is 1.91. The van der Waals surface area contributed by atoms with E-state index in [1.165, 1.54) is 0 Å². The van der Waals surface area contributed by atoms with Crippen LogP contribution in [-0.4, -0.2) is 24.2 Å². The van der Waals surface area contributed by atoms with Crippen molar-refractivity contribution >= 4 is 33.1 Å². The highest BCUT2D eigenvalue weighted by Crippen LogP contribution is 2.38.